The summed E-state index contributed by atoms with van der Waals surface area (Å²) in [6.45, 7) is 0. The van der Waals surface area contributed by atoms with E-state index in [2.05, 4.69) is 15.4 Å². The van der Waals surface area contributed by atoms with Gasteiger partial charge in [-0.2, -0.15) is 10.1 Å². The van der Waals surface area contributed by atoms with Crippen molar-refractivity contribution in [1.82, 2.24) is 14.8 Å². The number of hydrogen-bond donors (Lipinski definition) is 1. The number of carbonyl (C=O) groups is 1. The Morgan fingerprint density at radius 1 is 1.00 bits per heavy atom. The van der Waals surface area contributed by atoms with Crippen LogP contribution in [-0.2, 0) is 4.79 Å². The first kappa shape index (κ1) is 20.8. The summed E-state index contributed by atoms with van der Waals surface area (Å²) in [7, 11) is 3.20. The second kappa shape index (κ2) is 8.15. The van der Waals surface area contributed by atoms with Crippen LogP contribution in [0.15, 0.2) is 54.0 Å². The fraction of sp³-hybridized carbons (Fsp3) is 0.261. The van der Waals surface area contributed by atoms with Crippen molar-refractivity contribution in [3.8, 4) is 11.5 Å². The molecule has 0 bridgehead atoms. The quantitative estimate of drug-likeness (QED) is 0.576. The molecule has 1 N–H and O–H groups in total. The number of benzene rings is 2. The molecule has 3 aromatic rings. The zero-order valence-electron chi connectivity index (χ0n) is 17.4. The molecular formula is C23H20Cl2N4O3. The van der Waals surface area contributed by atoms with Gasteiger partial charge in [0, 0.05) is 17.7 Å². The maximum Gasteiger partial charge on any atom is 0.226 e. The van der Waals surface area contributed by atoms with Crippen LogP contribution in [0.1, 0.15) is 35.9 Å². The van der Waals surface area contributed by atoms with Gasteiger partial charge in [-0.1, -0.05) is 35.3 Å². The lowest BCUT2D eigenvalue weighted by Gasteiger charge is -2.35. The van der Waals surface area contributed by atoms with Crippen LogP contribution in [0.25, 0.3) is 0 Å². The third kappa shape index (κ3) is 3.42. The van der Waals surface area contributed by atoms with Gasteiger partial charge in [0.25, 0.3) is 0 Å². The Bertz CT molecular complexity index is 1250. The summed E-state index contributed by atoms with van der Waals surface area (Å²) < 4.78 is 12.5. The van der Waals surface area contributed by atoms with Gasteiger partial charge in [0.1, 0.15) is 12.4 Å². The number of aromatic nitrogens is 3. The molecule has 1 aliphatic carbocycles. The molecule has 1 aromatic heterocycles. The third-order valence-electron chi connectivity index (χ3n) is 6.00. The Kier molecular flexibility index (Phi) is 5.31. The number of carbonyl (C=O) groups excluding carboxylic acids is 1. The minimum Gasteiger partial charge on any atom is -0.493 e. The normalized spacial score (nSPS) is 19.8. The second-order valence-electron chi connectivity index (χ2n) is 7.76. The van der Waals surface area contributed by atoms with Crippen molar-refractivity contribution in [3.05, 3.63) is 75.2 Å². The molecule has 0 unspecified atom stereocenters. The SMILES string of the molecule is COc1ccc([C@@H]2CC(=O)C3=C(C2)Nc2ncnn2[C@@H]3c2ccc(Cl)c(Cl)c2)cc1OC. The highest BCUT2D eigenvalue weighted by Crippen LogP contribution is 2.45. The number of ether oxygens (including phenoxy) is 2. The number of halogens is 2. The molecule has 164 valence electrons. The van der Waals surface area contributed by atoms with Crippen molar-refractivity contribution < 1.29 is 14.3 Å². The predicted molar refractivity (Wildman–Crippen MR) is 122 cm³/mol. The Labute approximate surface area is 195 Å². The van der Waals surface area contributed by atoms with Crippen LogP contribution in [0.3, 0.4) is 0 Å². The second-order valence-corrected chi connectivity index (χ2v) is 8.58. The van der Waals surface area contributed by atoms with Crippen molar-refractivity contribution in [1.29, 1.82) is 0 Å². The van der Waals surface area contributed by atoms with Gasteiger partial charge in [-0.05, 0) is 47.7 Å². The lowest BCUT2D eigenvalue weighted by atomic mass is 9.78. The summed E-state index contributed by atoms with van der Waals surface area (Å²) in [5.74, 6) is 1.93. The number of hydrogen-bond acceptors (Lipinski definition) is 6. The zero-order valence-corrected chi connectivity index (χ0v) is 18.9. The number of rotatable bonds is 4. The van der Waals surface area contributed by atoms with Crippen LogP contribution in [-0.4, -0.2) is 34.8 Å². The van der Waals surface area contributed by atoms with Gasteiger partial charge in [-0.25, -0.2) is 4.68 Å². The van der Waals surface area contributed by atoms with E-state index >= 15 is 0 Å². The monoisotopic (exact) mass is 470 g/mol. The predicted octanol–water partition coefficient (Wildman–Crippen LogP) is 5.02. The standard InChI is InChI=1S/C23H20Cl2N4O3/c1-31-19-6-4-12(10-20(19)32-2)14-8-17-21(18(30)9-14)22(29-23(28-17)26-11-27-29)13-3-5-15(24)16(25)7-13/h3-7,10-11,14,22H,8-9H2,1-2H3,(H,26,27,28)/t14-,22+/m0/s1. The topological polar surface area (TPSA) is 78.3 Å². The zero-order chi connectivity index (χ0) is 22.4. The van der Waals surface area contributed by atoms with E-state index in [4.69, 9.17) is 32.7 Å². The van der Waals surface area contributed by atoms with Crippen LogP contribution >= 0.6 is 23.2 Å². The summed E-state index contributed by atoms with van der Waals surface area (Å²) >= 11 is 12.4. The van der Waals surface area contributed by atoms with Crippen molar-refractivity contribution in [2.75, 3.05) is 19.5 Å². The molecule has 0 saturated carbocycles. The summed E-state index contributed by atoms with van der Waals surface area (Å²) in [5.41, 5.74) is 3.37. The minimum absolute atomic E-state index is 0.00233. The maximum absolute atomic E-state index is 13.5. The number of fused-ring (bicyclic) bond motifs is 1. The van der Waals surface area contributed by atoms with Gasteiger partial charge in [0.15, 0.2) is 17.3 Å². The first-order chi connectivity index (χ1) is 15.5. The van der Waals surface area contributed by atoms with E-state index < -0.39 is 6.04 Å². The smallest absolute Gasteiger partial charge is 0.226 e. The van der Waals surface area contributed by atoms with Gasteiger partial charge < -0.3 is 14.8 Å². The van der Waals surface area contributed by atoms with E-state index in [-0.39, 0.29) is 11.7 Å². The van der Waals surface area contributed by atoms with E-state index in [0.29, 0.717) is 45.9 Å². The van der Waals surface area contributed by atoms with Gasteiger partial charge in [-0.15, -0.1) is 0 Å². The number of ketones is 1. The van der Waals surface area contributed by atoms with Gasteiger partial charge in [-0.3, -0.25) is 4.79 Å². The maximum atomic E-state index is 13.5. The fourth-order valence-electron chi connectivity index (χ4n) is 4.48. The van der Waals surface area contributed by atoms with E-state index in [1.165, 1.54) is 6.33 Å². The molecule has 5 rings (SSSR count). The first-order valence-corrected chi connectivity index (χ1v) is 10.9. The number of nitrogens with zero attached hydrogens (tertiary/aromatic N) is 3. The average Bonchev–Trinajstić information content (AvgIpc) is 3.27. The fourth-order valence-corrected chi connectivity index (χ4v) is 4.79. The van der Waals surface area contributed by atoms with Crippen LogP contribution in [0.4, 0.5) is 5.95 Å². The van der Waals surface area contributed by atoms with Gasteiger partial charge >= 0.3 is 0 Å². The van der Waals surface area contributed by atoms with Crippen LogP contribution in [0.2, 0.25) is 10.0 Å². The molecule has 2 atom stereocenters. The molecule has 2 heterocycles. The molecular weight excluding hydrogens is 451 g/mol. The third-order valence-corrected chi connectivity index (χ3v) is 6.74. The highest BCUT2D eigenvalue weighted by Gasteiger charge is 2.39. The van der Waals surface area contributed by atoms with Crippen LogP contribution in [0.5, 0.6) is 11.5 Å². The summed E-state index contributed by atoms with van der Waals surface area (Å²) in [5, 5.41) is 8.57. The molecule has 0 spiro atoms. The molecule has 0 amide bonds. The molecule has 1 aliphatic heterocycles. The number of Topliss-reactive ketones (excluding diaryl/α,β-unsaturated/α-hetero) is 1. The molecule has 0 radical (unpaired) electrons. The molecule has 2 aliphatic rings. The van der Waals surface area contributed by atoms with E-state index in [1.54, 1.807) is 31.0 Å². The number of allylic oxidation sites excluding steroid dienone is 2. The van der Waals surface area contributed by atoms with Crippen molar-refractivity contribution >= 4 is 34.9 Å². The first-order valence-electron chi connectivity index (χ1n) is 10.1. The summed E-state index contributed by atoms with van der Waals surface area (Å²) in [6, 6.07) is 10.7. The van der Waals surface area contributed by atoms with E-state index in [9.17, 15) is 4.79 Å². The Hall–Kier alpha value is -3.03. The van der Waals surface area contributed by atoms with Gasteiger partial charge in [0.05, 0.1) is 24.3 Å². The Morgan fingerprint density at radius 2 is 1.78 bits per heavy atom. The lowest BCUT2D eigenvalue weighted by molar-refractivity contribution is -0.116. The Morgan fingerprint density at radius 3 is 2.53 bits per heavy atom. The van der Waals surface area contributed by atoms with E-state index in [0.717, 1.165) is 16.8 Å². The highest BCUT2D eigenvalue weighted by atomic mass is 35.5. The van der Waals surface area contributed by atoms with Crippen LogP contribution < -0.4 is 14.8 Å². The summed E-state index contributed by atoms with van der Waals surface area (Å²) in [4.78, 5) is 17.8. The van der Waals surface area contributed by atoms with E-state index in [1.807, 2.05) is 24.3 Å². The summed E-state index contributed by atoms with van der Waals surface area (Å²) in [6.07, 6.45) is 2.50. The number of nitrogens with one attached hydrogen (secondary N) is 1. The van der Waals surface area contributed by atoms with Crippen molar-refractivity contribution in [2.45, 2.75) is 24.8 Å². The molecule has 0 fully saturated rings. The molecule has 9 heteroatoms. The molecule has 0 saturated heterocycles. The highest BCUT2D eigenvalue weighted by molar-refractivity contribution is 6.42. The van der Waals surface area contributed by atoms with Gasteiger partial charge in [0.2, 0.25) is 5.95 Å². The number of methoxy groups -OCH3 is 2. The molecule has 7 nitrogen and oxygen atoms in total. The molecule has 32 heavy (non-hydrogen) atoms. The Balaban J connectivity index is 1.56. The largest absolute Gasteiger partial charge is 0.493 e. The number of anilines is 1. The van der Waals surface area contributed by atoms with Crippen molar-refractivity contribution in [3.63, 3.8) is 0 Å². The van der Waals surface area contributed by atoms with Crippen molar-refractivity contribution in [2.24, 2.45) is 0 Å². The lowest BCUT2D eigenvalue weighted by Crippen LogP contribution is -2.33. The van der Waals surface area contributed by atoms with Crippen LogP contribution in [0, 0.1) is 0 Å². The average molecular weight is 471 g/mol. The molecule has 2 aromatic carbocycles. The minimum atomic E-state index is -0.419.